The molecule has 4 aromatic rings. The Morgan fingerprint density at radius 3 is 2.34 bits per heavy atom. The molecule has 2 aromatic carbocycles. The summed E-state index contributed by atoms with van der Waals surface area (Å²) in [6, 6.07) is 25.6. The Balaban J connectivity index is 1.33. The van der Waals surface area contributed by atoms with Crippen LogP contribution in [0.15, 0.2) is 91.4 Å². The van der Waals surface area contributed by atoms with Crippen LogP contribution < -0.4 is 15.4 Å². The number of nitrogens with zero attached hydrogens (tertiary/aromatic N) is 3. The summed E-state index contributed by atoms with van der Waals surface area (Å²) in [6.07, 6.45) is 3.30. The van der Waals surface area contributed by atoms with Gasteiger partial charge in [-0.05, 0) is 42.0 Å². The van der Waals surface area contributed by atoms with Gasteiger partial charge in [-0.25, -0.2) is 9.97 Å². The van der Waals surface area contributed by atoms with Gasteiger partial charge < -0.3 is 15.4 Å². The summed E-state index contributed by atoms with van der Waals surface area (Å²) >= 11 is 0. The van der Waals surface area contributed by atoms with E-state index in [4.69, 9.17) is 4.74 Å². The first-order valence-electron chi connectivity index (χ1n) is 9.35. The van der Waals surface area contributed by atoms with Crippen molar-refractivity contribution in [3.63, 3.8) is 0 Å². The molecule has 0 amide bonds. The highest BCUT2D eigenvalue weighted by atomic mass is 16.5. The minimum absolute atomic E-state index is 0.546. The Kier molecular flexibility index (Phi) is 5.93. The van der Waals surface area contributed by atoms with Gasteiger partial charge in [0, 0.05) is 18.0 Å². The fraction of sp³-hybridized carbons (Fsp3) is 0.0870. The maximum absolute atomic E-state index is 5.82. The minimum atomic E-state index is 0.546. The van der Waals surface area contributed by atoms with E-state index in [9.17, 15) is 0 Å². The molecule has 144 valence electrons. The van der Waals surface area contributed by atoms with Crippen molar-refractivity contribution in [2.75, 3.05) is 10.6 Å². The normalized spacial score (nSPS) is 10.3. The zero-order valence-corrected chi connectivity index (χ0v) is 15.8. The van der Waals surface area contributed by atoms with Gasteiger partial charge in [0.25, 0.3) is 0 Å². The molecule has 2 aromatic heterocycles. The first kappa shape index (κ1) is 18.4. The molecule has 0 aliphatic carbocycles. The van der Waals surface area contributed by atoms with Crippen LogP contribution in [0.5, 0.6) is 5.75 Å². The summed E-state index contributed by atoms with van der Waals surface area (Å²) in [6.45, 7) is 1.15. The first-order chi connectivity index (χ1) is 14.3. The van der Waals surface area contributed by atoms with Crippen LogP contribution in [0.2, 0.25) is 0 Å². The lowest BCUT2D eigenvalue weighted by Crippen LogP contribution is -2.04. The fourth-order valence-electron chi connectivity index (χ4n) is 2.73. The lowest BCUT2D eigenvalue weighted by Gasteiger charge is -2.10. The third kappa shape index (κ3) is 5.52. The second-order valence-electron chi connectivity index (χ2n) is 6.39. The van der Waals surface area contributed by atoms with Gasteiger partial charge in [0.05, 0.1) is 12.2 Å². The number of pyridine rings is 1. The number of hydrogen-bond acceptors (Lipinski definition) is 6. The van der Waals surface area contributed by atoms with Crippen LogP contribution in [0.25, 0.3) is 0 Å². The Bertz CT molecular complexity index is 1020. The molecule has 2 heterocycles. The fourth-order valence-corrected chi connectivity index (χ4v) is 2.73. The highest BCUT2D eigenvalue weighted by Crippen LogP contribution is 2.20. The molecule has 2 N–H and O–H groups in total. The largest absolute Gasteiger partial charge is 0.489 e. The smallest absolute Gasteiger partial charge is 0.135 e. The van der Waals surface area contributed by atoms with E-state index in [0.29, 0.717) is 19.0 Å². The number of rotatable bonds is 8. The van der Waals surface area contributed by atoms with Crippen LogP contribution in [0, 0.1) is 0 Å². The summed E-state index contributed by atoms with van der Waals surface area (Å²) in [5.41, 5.74) is 3.01. The van der Waals surface area contributed by atoms with E-state index in [1.54, 1.807) is 6.20 Å². The summed E-state index contributed by atoms with van der Waals surface area (Å²) in [5, 5.41) is 6.54. The van der Waals surface area contributed by atoms with Crippen LogP contribution in [-0.2, 0) is 13.2 Å². The minimum Gasteiger partial charge on any atom is -0.489 e. The predicted octanol–water partition coefficient (Wildman–Crippen LogP) is 4.81. The van der Waals surface area contributed by atoms with Gasteiger partial charge in [-0.3, -0.25) is 4.98 Å². The highest BCUT2D eigenvalue weighted by molar-refractivity contribution is 5.59. The van der Waals surface area contributed by atoms with Gasteiger partial charge in [-0.15, -0.1) is 0 Å². The van der Waals surface area contributed by atoms with Crippen LogP contribution in [0.3, 0.4) is 0 Å². The zero-order valence-electron chi connectivity index (χ0n) is 15.8. The summed E-state index contributed by atoms with van der Waals surface area (Å²) in [5.74, 6) is 2.26. The molecule has 0 spiro atoms. The number of anilines is 3. The van der Waals surface area contributed by atoms with Crippen molar-refractivity contribution in [3.8, 4) is 5.75 Å². The predicted molar refractivity (Wildman–Crippen MR) is 114 cm³/mol. The lowest BCUT2D eigenvalue weighted by molar-refractivity contribution is 0.306. The standard InChI is InChI=1S/C23H21N5O/c1-2-6-18(7-3-1)16-29-21-11-9-19(10-12-21)28-23-14-22(26-17-27-23)25-15-20-8-4-5-13-24-20/h1-14,17H,15-16H2,(H2,25,26,27,28). The quantitative estimate of drug-likeness (QED) is 0.455. The maximum atomic E-state index is 5.82. The molecule has 0 fully saturated rings. The molecular formula is C23H21N5O. The third-order valence-electron chi connectivity index (χ3n) is 4.22. The number of benzene rings is 2. The van der Waals surface area contributed by atoms with Crippen molar-refractivity contribution in [2.24, 2.45) is 0 Å². The average molecular weight is 383 g/mol. The van der Waals surface area contributed by atoms with Crippen molar-refractivity contribution in [1.29, 1.82) is 0 Å². The second kappa shape index (κ2) is 9.32. The van der Waals surface area contributed by atoms with Gasteiger partial charge in [-0.1, -0.05) is 36.4 Å². The maximum Gasteiger partial charge on any atom is 0.135 e. The Labute approximate surface area is 169 Å². The molecule has 0 aliphatic heterocycles. The number of ether oxygens (including phenoxy) is 1. The van der Waals surface area contributed by atoms with Crippen molar-refractivity contribution in [1.82, 2.24) is 15.0 Å². The first-order valence-corrected chi connectivity index (χ1v) is 9.35. The SMILES string of the molecule is c1ccc(COc2ccc(Nc3cc(NCc4ccccn4)ncn3)cc2)cc1. The Hall–Kier alpha value is -3.93. The van der Waals surface area contributed by atoms with Crippen molar-refractivity contribution >= 4 is 17.3 Å². The van der Waals surface area contributed by atoms with Crippen LogP contribution in [0.1, 0.15) is 11.3 Å². The molecule has 6 heteroatoms. The van der Waals surface area contributed by atoms with Gasteiger partial charge in [-0.2, -0.15) is 0 Å². The third-order valence-corrected chi connectivity index (χ3v) is 4.22. The monoisotopic (exact) mass is 383 g/mol. The van der Waals surface area contributed by atoms with Gasteiger partial charge in [0.1, 0.15) is 30.3 Å². The molecule has 0 saturated heterocycles. The van der Waals surface area contributed by atoms with E-state index in [1.165, 1.54) is 6.33 Å². The molecule has 0 saturated carbocycles. The number of hydrogen-bond donors (Lipinski definition) is 2. The van der Waals surface area contributed by atoms with Crippen molar-refractivity contribution in [2.45, 2.75) is 13.2 Å². The van der Waals surface area contributed by atoms with Gasteiger partial charge in [0.15, 0.2) is 0 Å². The van der Waals surface area contributed by atoms with Crippen LogP contribution >= 0.6 is 0 Å². The molecule has 0 atom stereocenters. The van der Waals surface area contributed by atoms with Gasteiger partial charge in [0.2, 0.25) is 0 Å². The molecule has 0 bridgehead atoms. The molecular weight excluding hydrogens is 362 g/mol. The summed E-state index contributed by atoms with van der Waals surface area (Å²) in [7, 11) is 0. The van der Waals surface area contributed by atoms with Crippen LogP contribution in [0.4, 0.5) is 17.3 Å². The second-order valence-corrected chi connectivity index (χ2v) is 6.39. The van der Waals surface area contributed by atoms with Crippen molar-refractivity contribution in [3.05, 3.63) is 103 Å². The van der Waals surface area contributed by atoms with Gasteiger partial charge >= 0.3 is 0 Å². The lowest BCUT2D eigenvalue weighted by atomic mass is 10.2. The average Bonchev–Trinajstić information content (AvgIpc) is 2.79. The molecule has 0 unspecified atom stereocenters. The highest BCUT2D eigenvalue weighted by Gasteiger charge is 2.02. The van der Waals surface area contributed by atoms with Crippen LogP contribution in [-0.4, -0.2) is 15.0 Å². The topological polar surface area (TPSA) is 72.0 Å². The Morgan fingerprint density at radius 2 is 1.55 bits per heavy atom. The number of aromatic nitrogens is 3. The number of nitrogens with one attached hydrogen (secondary N) is 2. The van der Waals surface area contributed by atoms with Crippen molar-refractivity contribution < 1.29 is 4.74 Å². The van der Waals surface area contributed by atoms with E-state index in [1.807, 2.05) is 78.9 Å². The van der Waals surface area contributed by atoms with E-state index < -0.39 is 0 Å². The summed E-state index contributed by atoms with van der Waals surface area (Å²) in [4.78, 5) is 12.8. The van der Waals surface area contributed by atoms with E-state index >= 15 is 0 Å². The molecule has 0 radical (unpaired) electrons. The summed E-state index contributed by atoms with van der Waals surface area (Å²) < 4.78 is 5.82. The van der Waals surface area contributed by atoms with E-state index in [2.05, 4.69) is 25.6 Å². The molecule has 0 aliphatic rings. The molecule has 4 rings (SSSR count). The van der Waals surface area contributed by atoms with E-state index in [0.717, 1.165) is 28.5 Å². The zero-order chi connectivity index (χ0) is 19.7. The van der Waals surface area contributed by atoms with E-state index in [-0.39, 0.29) is 0 Å². The Morgan fingerprint density at radius 1 is 0.759 bits per heavy atom. The molecule has 6 nitrogen and oxygen atoms in total. The molecule has 29 heavy (non-hydrogen) atoms.